The molecular formula is C17H12O4. The molecule has 0 aliphatic heterocycles. The highest BCUT2D eigenvalue weighted by molar-refractivity contribution is 6.03. The van der Waals surface area contributed by atoms with Crippen LogP contribution in [-0.2, 0) is 4.74 Å². The molecule has 0 radical (unpaired) electrons. The number of hydrogen-bond donors (Lipinski definition) is 0. The van der Waals surface area contributed by atoms with Crippen molar-refractivity contribution in [3.63, 3.8) is 0 Å². The summed E-state index contributed by atoms with van der Waals surface area (Å²) in [4.78, 5) is 22.9. The van der Waals surface area contributed by atoms with Crippen molar-refractivity contribution in [1.82, 2.24) is 0 Å². The molecule has 0 saturated heterocycles. The summed E-state index contributed by atoms with van der Waals surface area (Å²) in [6.45, 7) is 0. The molecule has 2 aromatic carbocycles. The van der Waals surface area contributed by atoms with Crippen LogP contribution < -0.4 is 0 Å². The summed E-state index contributed by atoms with van der Waals surface area (Å²) in [5.74, 6) is -0.171. The van der Waals surface area contributed by atoms with Crippen LogP contribution in [0.2, 0.25) is 0 Å². The van der Waals surface area contributed by atoms with Gasteiger partial charge in [0.2, 0.25) is 0 Å². The van der Waals surface area contributed by atoms with Crippen molar-refractivity contribution < 1.29 is 18.7 Å². The van der Waals surface area contributed by atoms with Crippen molar-refractivity contribution in [3.05, 3.63) is 59.9 Å². The number of benzene rings is 2. The first-order valence-electron chi connectivity index (χ1n) is 6.40. The van der Waals surface area contributed by atoms with Gasteiger partial charge in [0.05, 0.1) is 12.7 Å². The molecule has 21 heavy (non-hydrogen) atoms. The van der Waals surface area contributed by atoms with Gasteiger partial charge in [-0.05, 0) is 23.8 Å². The molecule has 1 heterocycles. The van der Waals surface area contributed by atoms with Gasteiger partial charge < -0.3 is 9.15 Å². The first-order chi connectivity index (χ1) is 10.2. The fourth-order valence-electron chi connectivity index (χ4n) is 2.36. The Labute approximate surface area is 120 Å². The SMILES string of the molecule is COC(=O)c1cccc(-c2c(C=O)oc3ccccc23)c1. The largest absolute Gasteiger partial charge is 0.465 e. The summed E-state index contributed by atoms with van der Waals surface area (Å²) in [5, 5.41) is 0.835. The number of para-hydroxylation sites is 1. The van der Waals surface area contributed by atoms with Gasteiger partial charge >= 0.3 is 5.97 Å². The molecule has 0 N–H and O–H groups in total. The lowest BCUT2D eigenvalue weighted by Gasteiger charge is -2.03. The Morgan fingerprint density at radius 1 is 1.14 bits per heavy atom. The second kappa shape index (κ2) is 5.25. The van der Waals surface area contributed by atoms with E-state index in [1.54, 1.807) is 24.3 Å². The van der Waals surface area contributed by atoms with Crippen LogP contribution in [0.3, 0.4) is 0 Å². The zero-order valence-corrected chi connectivity index (χ0v) is 11.3. The highest BCUT2D eigenvalue weighted by Gasteiger charge is 2.16. The Hall–Kier alpha value is -2.88. The molecule has 104 valence electrons. The van der Waals surface area contributed by atoms with Gasteiger partial charge in [0, 0.05) is 10.9 Å². The van der Waals surface area contributed by atoms with Gasteiger partial charge in [0.15, 0.2) is 12.0 Å². The van der Waals surface area contributed by atoms with Crippen molar-refractivity contribution >= 4 is 23.2 Å². The zero-order chi connectivity index (χ0) is 14.8. The summed E-state index contributed by atoms with van der Waals surface area (Å²) in [7, 11) is 1.33. The smallest absolute Gasteiger partial charge is 0.337 e. The first-order valence-corrected chi connectivity index (χ1v) is 6.40. The van der Waals surface area contributed by atoms with Crippen LogP contribution in [0.1, 0.15) is 20.9 Å². The lowest BCUT2D eigenvalue weighted by atomic mass is 10.00. The third kappa shape index (κ3) is 2.21. The Balaban J connectivity index is 2.25. The number of esters is 1. The van der Waals surface area contributed by atoms with Crippen molar-refractivity contribution in [2.75, 3.05) is 7.11 Å². The van der Waals surface area contributed by atoms with Gasteiger partial charge in [-0.15, -0.1) is 0 Å². The number of ether oxygens (including phenoxy) is 1. The first kappa shape index (κ1) is 13.1. The molecule has 4 heteroatoms. The van der Waals surface area contributed by atoms with Gasteiger partial charge in [-0.2, -0.15) is 0 Å². The van der Waals surface area contributed by atoms with Crippen LogP contribution >= 0.6 is 0 Å². The van der Waals surface area contributed by atoms with Crippen LogP contribution in [0.4, 0.5) is 0 Å². The lowest BCUT2D eigenvalue weighted by molar-refractivity contribution is 0.0600. The Morgan fingerprint density at radius 3 is 2.71 bits per heavy atom. The average Bonchev–Trinajstić information content (AvgIpc) is 2.92. The predicted octanol–water partition coefficient (Wildman–Crippen LogP) is 3.70. The summed E-state index contributed by atoms with van der Waals surface area (Å²) in [6, 6.07) is 14.3. The third-order valence-electron chi connectivity index (χ3n) is 3.30. The monoisotopic (exact) mass is 280 g/mol. The zero-order valence-electron chi connectivity index (χ0n) is 11.3. The number of rotatable bonds is 3. The van der Waals surface area contributed by atoms with E-state index in [4.69, 9.17) is 9.15 Å². The maximum absolute atomic E-state index is 11.6. The standard InChI is InChI=1S/C17H12O4/c1-20-17(19)12-6-4-5-11(9-12)16-13-7-2-3-8-14(13)21-15(16)10-18/h2-10H,1H3. The predicted molar refractivity (Wildman–Crippen MR) is 78.4 cm³/mol. The maximum Gasteiger partial charge on any atom is 0.337 e. The molecule has 0 saturated carbocycles. The van der Waals surface area contributed by atoms with Gasteiger partial charge in [0.1, 0.15) is 5.58 Å². The topological polar surface area (TPSA) is 56.5 Å². The molecule has 4 nitrogen and oxygen atoms in total. The summed E-state index contributed by atoms with van der Waals surface area (Å²) < 4.78 is 10.3. The fourth-order valence-corrected chi connectivity index (χ4v) is 2.36. The van der Waals surface area contributed by atoms with E-state index in [2.05, 4.69) is 0 Å². The number of furan rings is 1. The Kier molecular flexibility index (Phi) is 3.28. The average molecular weight is 280 g/mol. The molecule has 0 atom stereocenters. The second-order valence-corrected chi connectivity index (χ2v) is 4.53. The molecule has 3 aromatic rings. The number of methoxy groups -OCH3 is 1. The van der Waals surface area contributed by atoms with Crippen LogP contribution in [-0.4, -0.2) is 19.4 Å². The van der Waals surface area contributed by atoms with E-state index in [1.165, 1.54) is 7.11 Å². The minimum atomic E-state index is -0.419. The highest BCUT2D eigenvalue weighted by Crippen LogP contribution is 2.34. The van der Waals surface area contributed by atoms with Gasteiger partial charge in [0.25, 0.3) is 0 Å². The molecule has 0 aliphatic rings. The summed E-state index contributed by atoms with van der Waals surface area (Å²) in [5.41, 5.74) is 2.49. The minimum Gasteiger partial charge on any atom is -0.465 e. The molecule has 0 unspecified atom stereocenters. The third-order valence-corrected chi connectivity index (χ3v) is 3.30. The van der Waals surface area contributed by atoms with E-state index in [1.807, 2.05) is 24.3 Å². The summed E-state index contributed by atoms with van der Waals surface area (Å²) in [6.07, 6.45) is 0.681. The molecule has 0 aliphatic carbocycles. The van der Waals surface area contributed by atoms with E-state index in [-0.39, 0.29) is 5.76 Å². The second-order valence-electron chi connectivity index (χ2n) is 4.53. The molecule has 3 rings (SSSR count). The molecule has 0 bridgehead atoms. The molecule has 0 spiro atoms. The quantitative estimate of drug-likeness (QED) is 0.542. The molecule has 1 aromatic heterocycles. The number of fused-ring (bicyclic) bond motifs is 1. The Morgan fingerprint density at radius 2 is 1.95 bits per heavy atom. The van der Waals surface area contributed by atoms with Gasteiger partial charge in [-0.3, -0.25) is 4.79 Å². The Bertz CT molecular complexity index is 830. The summed E-state index contributed by atoms with van der Waals surface area (Å²) >= 11 is 0. The van der Waals surface area contributed by atoms with Crippen LogP contribution in [0.5, 0.6) is 0 Å². The van der Waals surface area contributed by atoms with Gasteiger partial charge in [-0.25, -0.2) is 4.79 Å². The number of carbonyl (C=O) groups excluding carboxylic acids is 2. The number of aldehydes is 1. The molecular weight excluding hydrogens is 268 g/mol. The minimum absolute atomic E-state index is 0.248. The number of carbonyl (C=O) groups is 2. The van der Waals surface area contributed by atoms with Crippen LogP contribution in [0.15, 0.2) is 52.9 Å². The van der Waals surface area contributed by atoms with E-state index < -0.39 is 5.97 Å². The van der Waals surface area contributed by atoms with E-state index >= 15 is 0 Å². The lowest BCUT2D eigenvalue weighted by Crippen LogP contribution is -2.00. The van der Waals surface area contributed by atoms with Crippen molar-refractivity contribution in [1.29, 1.82) is 0 Å². The van der Waals surface area contributed by atoms with Gasteiger partial charge in [-0.1, -0.05) is 30.3 Å². The molecule has 0 fully saturated rings. The fraction of sp³-hybridized carbons (Fsp3) is 0.0588. The van der Waals surface area contributed by atoms with Crippen molar-refractivity contribution in [2.45, 2.75) is 0 Å². The van der Waals surface area contributed by atoms with Crippen LogP contribution in [0.25, 0.3) is 22.1 Å². The number of hydrogen-bond acceptors (Lipinski definition) is 4. The highest BCUT2D eigenvalue weighted by atomic mass is 16.5. The maximum atomic E-state index is 11.6. The van der Waals surface area contributed by atoms with Crippen LogP contribution in [0, 0.1) is 0 Å². The molecule has 0 amide bonds. The van der Waals surface area contributed by atoms with E-state index in [0.717, 1.165) is 10.9 Å². The van der Waals surface area contributed by atoms with E-state index in [0.29, 0.717) is 23.0 Å². The normalized spacial score (nSPS) is 10.5. The van der Waals surface area contributed by atoms with Crippen molar-refractivity contribution in [2.24, 2.45) is 0 Å². The van der Waals surface area contributed by atoms with E-state index in [9.17, 15) is 9.59 Å². The van der Waals surface area contributed by atoms with Crippen molar-refractivity contribution in [3.8, 4) is 11.1 Å².